The fourth-order valence-corrected chi connectivity index (χ4v) is 3.12. The molecule has 10 heteroatoms. The number of H-pyrrole nitrogens is 1. The highest BCUT2D eigenvalue weighted by molar-refractivity contribution is 5.76. The molecule has 1 saturated carbocycles. The molecule has 0 bridgehead atoms. The van der Waals surface area contributed by atoms with Crippen LogP contribution in [0.2, 0.25) is 0 Å². The van der Waals surface area contributed by atoms with E-state index in [2.05, 4.69) is 20.3 Å². The van der Waals surface area contributed by atoms with E-state index in [4.69, 9.17) is 9.47 Å². The van der Waals surface area contributed by atoms with E-state index in [1.807, 2.05) is 0 Å². The molecule has 2 heterocycles. The summed E-state index contributed by atoms with van der Waals surface area (Å²) in [5.41, 5.74) is -0.969. The first-order chi connectivity index (χ1) is 13.5. The van der Waals surface area contributed by atoms with Crippen molar-refractivity contribution in [3.8, 4) is 11.8 Å². The summed E-state index contributed by atoms with van der Waals surface area (Å²) in [5.74, 6) is 0.708. The highest BCUT2D eigenvalue weighted by Gasteiger charge is 2.24. The van der Waals surface area contributed by atoms with Crippen LogP contribution in [0.15, 0.2) is 34.2 Å². The molecule has 0 aliphatic heterocycles. The zero-order chi connectivity index (χ0) is 19.9. The summed E-state index contributed by atoms with van der Waals surface area (Å²) in [6, 6.07) is 1.34. The Hall–Kier alpha value is -3.17. The highest BCUT2D eigenvalue weighted by Crippen LogP contribution is 2.23. The van der Waals surface area contributed by atoms with E-state index in [9.17, 15) is 14.4 Å². The number of carbonyl (C=O) groups excluding carboxylic acids is 1. The number of hydrogen-bond donors (Lipinski definition) is 2. The Morgan fingerprint density at radius 3 is 2.71 bits per heavy atom. The molecule has 3 rings (SSSR count). The molecule has 150 valence electrons. The largest absolute Gasteiger partial charge is 0.480 e. The van der Waals surface area contributed by atoms with E-state index in [1.54, 1.807) is 6.20 Å². The maximum absolute atomic E-state index is 12.1. The van der Waals surface area contributed by atoms with Crippen molar-refractivity contribution in [1.82, 2.24) is 24.8 Å². The van der Waals surface area contributed by atoms with E-state index >= 15 is 0 Å². The number of ether oxygens (including phenoxy) is 2. The fourth-order valence-electron chi connectivity index (χ4n) is 3.12. The molecule has 1 fully saturated rings. The minimum absolute atomic E-state index is 0.0225. The third kappa shape index (κ3) is 5.41. The Bertz CT molecular complexity index is 917. The van der Waals surface area contributed by atoms with Gasteiger partial charge in [-0.1, -0.05) is 0 Å². The van der Waals surface area contributed by atoms with Crippen LogP contribution in [-0.2, 0) is 11.3 Å². The molecule has 1 amide bonds. The Kier molecular flexibility index (Phi) is 6.41. The van der Waals surface area contributed by atoms with Gasteiger partial charge in [0.25, 0.3) is 5.56 Å². The number of aromatic nitrogens is 4. The summed E-state index contributed by atoms with van der Waals surface area (Å²) in [6.07, 6.45) is 7.83. The predicted molar refractivity (Wildman–Crippen MR) is 99.3 cm³/mol. The number of methoxy groups -OCH3 is 1. The van der Waals surface area contributed by atoms with Gasteiger partial charge in [-0.15, -0.1) is 0 Å². The maximum Gasteiger partial charge on any atom is 0.328 e. The fraction of sp³-hybridized carbons (Fsp3) is 0.500. The molecule has 10 nitrogen and oxygen atoms in total. The van der Waals surface area contributed by atoms with Crippen LogP contribution in [0, 0.1) is 0 Å². The molecule has 1 aliphatic carbocycles. The first-order valence-electron chi connectivity index (χ1n) is 9.15. The van der Waals surface area contributed by atoms with Crippen molar-refractivity contribution in [1.29, 1.82) is 0 Å². The smallest absolute Gasteiger partial charge is 0.328 e. The van der Waals surface area contributed by atoms with Crippen LogP contribution < -0.4 is 26.0 Å². The minimum atomic E-state index is -0.515. The van der Waals surface area contributed by atoms with Gasteiger partial charge in [0.2, 0.25) is 17.7 Å². The lowest BCUT2D eigenvalue weighted by Crippen LogP contribution is -2.40. The van der Waals surface area contributed by atoms with Crippen LogP contribution in [0.1, 0.15) is 32.1 Å². The normalized spacial score (nSPS) is 19.0. The lowest BCUT2D eigenvalue weighted by Gasteiger charge is -2.29. The Morgan fingerprint density at radius 2 is 2.00 bits per heavy atom. The molecule has 0 radical (unpaired) electrons. The third-order valence-electron chi connectivity index (χ3n) is 4.60. The number of carbonyl (C=O) groups is 1. The number of hydrogen-bond acceptors (Lipinski definition) is 7. The van der Waals surface area contributed by atoms with Crippen LogP contribution in [0.25, 0.3) is 0 Å². The molecule has 0 unspecified atom stereocenters. The lowest BCUT2D eigenvalue weighted by molar-refractivity contribution is -0.122. The number of aryl methyl sites for hydroxylation is 1. The third-order valence-corrected chi connectivity index (χ3v) is 4.60. The molecule has 2 aromatic heterocycles. The number of rotatable bonds is 7. The predicted octanol–water partition coefficient (Wildman–Crippen LogP) is 0.232. The van der Waals surface area contributed by atoms with Gasteiger partial charge in [-0.05, 0) is 25.7 Å². The van der Waals surface area contributed by atoms with E-state index in [1.165, 1.54) is 30.1 Å². The summed E-state index contributed by atoms with van der Waals surface area (Å²) >= 11 is 0. The molecule has 0 aromatic carbocycles. The first kappa shape index (κ1) is 19.6. The van der Waals surface area contributed by atoms with Gasteiger partial charge in [-0.25, -0.2) is 4.79 Å². The van der Waals surface area contributed by atoms with Gasteiger partial charge in [0.05, 0.1) is 19.5 Å². The second kappa shape index (κ2) is 9.16. The van der Waals surface area contributed by atoms with Crippen molar-refractivity contribution < 1.29 is 14.3 Å². The van der Waals surface area contributed by atoms with Crippen LogP contribution >= 0.6 is 0 Å². The molecule has 2 aromatic rings. The van der Waals surface area contributed by atoms with E-state index < -0.39 is 11.2 Å². The summed E-state index contributed by atoms with van der Waals surface area (Å²) < 4.78 is 12.2. The second-order valence-corrected chi connectivity index (χ2v) is 6.61. The quantitative estimate of drug-likeness (QED) is 0.694. The molecule has 1 aliphatic rings. The molecule has 0 saturated heterocycles. The zero-order valence-electron chi connectivity index (χ0n) is 15.6. The Morgan fingerprint density at radius 1 is 1.25 bits per heavy atom. The van der Waals surface area contributed by atoms with Crippen molar-refractivity contribution >= 4 is 5.91 Å². The van der Waals surface area contributed by atoms with Gasteiger partial charge in [0.1, 0.15) is 6.10 Å². The van der Waals surface area contributed by atoms with Crippen molar-refractivity contribution in [2.75, 3.05) is 7.11 Å². The van der Waals surface area contributed by atoms with Crippen LogP contribution in [0.3, 0.4) is 0 Å². The average molecular weight is 389 g/mol. The SMILES string of the molecule is COc1cncc(OC2CCC(NC(=O)CCn3ccc(=O)[nH]c3=O)CC2)n1. The van der Waals surface area contributed by atoms with E-state index in [0.717, 1.165) is 25.7 Å². The van der Waals surface area contributed by atoms with E-state index in [-0.39, 0.29) is 31.0 Å². The van der Waals surface area contributed by atoms with Crippen molar-refractivity contribution in [2.45, 2.75) is 50.8 Å². The molecule has 28 heavy (non-hydrogen) atoms. The molecular formula is C18H23N5O5. The molecule has 2 N–H and O–H groups in total. The summed E-state index contributed by atoms with van der Waals surface area (Å²) in [6.45, 7) is 0.217. The van der Waals surface area contributed by atoms with Crippen molar-refractivity contribution in [3.63, 3.8) is 0 Å². The van der Waals surface area contributed by atoms with Crippen LogP contribution in [0.4, 0.5) is 0 Å². The molecular weight excluding hydrogens is 366 g/mol. The zero-order valence-corrected chi connectivity index (χ0v) is 15.6. The van der Waals surface area contributed by atoms with Gasteiger partial charge in [-0.3, -0.25) is 19.6 Å². The minimum Gasteiger partial charge on any atom is -0.480 e. The van der Waals surface area contributed by atoms with Gasteiger partial charge < -0.3 is 19.4 Å². The second-order valence-electron chi connectivity index (χ2n) is 6.61. The average Bonchev–Trinajstić information content (AvgIpc) is 2.69. The van der Waals surface area contributed by atoms with Crippen molar-refractivity contribution in [3.05, 3.63) is 45.5 Å². The monoisotopic (exact) mass is 389 g/mol. The number of aromatic amines is 1. The Labute approximate surface area is 160 Å². The standard InChI is InChI=1S/C18H23N5O5/c1-27-16-10-19-11-17(22-16)28-13-4-2-12(3-5-13)20-14(24)6-8-23-9-7-15(25)21-18(23)26/h7,9-13H,2-6,8H2,1H3,(H,20,24)(H,21,25,26). The molecule has 0 atom stereocenters. The van der Waals surface area contributed by atoms with Gasteiger partial charge in [0.15, 0.2) is 0 Å². The van der Waals surface area contributed by atoms with Gasteiger partial charge >= 0.3 is 5.69 Å². The van der Waals surface area contributed by atoms with Gasteiger partial charge in [0, 0.05) is 31.3 Å². The lowest BCUT2D eigenvalue weighted by atomic mass is 9.93. The van der Waals surface area contributed by atoms with E-state index in [0.29, 0.717) is 11.8 Å². The van der Waals surface area contributed by atoms with Crippen LogP contribution in [0.5, 0.6) is 11.8 Å². The topological polar surface area (TPSA) is 128 Å². The summed E-state index contributed by atoms with van der Waals surface area (Å²) in [4.78, 5) is 45.2. The number of nitrogens with one attached hydrogen (secondary N) is 2. The highest BCUT2D eigenvalue weighted by atomic mass is 16.5. The number of nitrogens with zero attached hydrogens (tertiary/aromatic N) is 3. The van der Waals surface area contributed by atoms with Crippen LogP contribution in [-0.4, -0.2) is 44.7 Å². The first-order valence-corrected chi connectivity index (χ1v) is 9.15. The molecule has 0 spiro atoms. The van der Waals surface area contributed by atoms with Crippen molar-refractivity contribution in [2.24, 2.45) is 0 Å². The number of amides is 1. The Balaban J connectivity index is 1.41. The maximum atomic E-state index is 12.1. The summed E-state index contributed by atoms with van der Waals surface area (Å²) in [7, 11) is 1.52. The van der Waals surface area contributed by atoms with Gasteiger partial charge in [-0.2, -0.15) is 4.98 Å². The summed E-state index contributed by atoms with van der Waals surface area (Å²) in [5, 5.41) is 2.99.